The number of anilines is 1. The molecule has 1 heterocycles. The van der Waals surface area contributed by atoms with E-state index in [0.29, 0.717) is 12.2 Å². The lowest BCUT2D eigenvalue weighted by atomic mass is 10.2. The van der Waals surface area contributed by atoms with E-state index in [9.17, 15) is 4.79 Å². The number of carbonyl (C=O) groups excluding carboxylic acids is 1. The summed E-state index contributed by atoms with van der Waals surface area (Å²) in [6.45, 7) is 5.25. The number of carbonyl (C=O) groups is 1. The van der Waals surface area contributed by atoms with E-state index in [1.165, 1.54) is 5.56 Å². The highest BCUT2D eigenvalue weighted by atomic mass is 16.1. The first-order valence-corrected chi connectivity index (χ1v) is 8.28. The van der Waals surface area contributed by atoms with Crippen molar-refractivity contribution in [3.05, 3.63) is 59.9 Å². The number of rotatable bonds is 8. The van der Waals surface area contributed by atoms with E-state index in [2.05, 4.69) is 34.3 Å². The lowest BCUT2D eigenvalue weighted by molar-refractivity contribution is 0.0946. The van der Waals surface area contributed by atoms with Crippen LogP contribution in [-0.2, 0) is 6.54 Å². The van der Waals surface area contributed by atoms with Gasteiger partial charge in [0.2, 0.25) is 0 Å². The average Bonchev–Trinajstić information content (AvgIpc) is 2.60. The van der Waals surface area contributed by atoms with E-state index in [0.717, 1.165) is 25.3 Å². The predicted octanol–water partition coefficient (Wildman–Crippen LogP) is 2.40. The zero-order valence-corrected chi connectivity index (χ0v) is 14.7. The second-order valence-electron chi connectivity index (χ2n) is 5.96. The number of aromatic nitrogens is 1. The minimum atomic E-state index is -0.130. The summed E-state index contributed by atoms with van der Waals surface area (Å²) in [7, 11) is 3.95. The number of amides is 1. The fourth-order valence-electron chi connectivity index (χ4n) is 2.38. The molecule has 0 aliphatic heterocycles. The van der Waals surface area contributed by atoms with E-state index in [4.69, 9.17) is 0 Å². The van der Waals surface area contributed by atoms with Crippen molar-refractivity contribution in [1.82, 2.24) is 15.2 Å². The fourth-order valence-corrected chi connectivity index (χ4v) is 2.38. The molecule has 0 aliphatic rings. The van der Waals surface area contributed by atoms with E-state index in [1.807, 2.05) is 43.3 Å². The molecule has 0 aliphatic carbocycles. The number of pyridine rings is 1. The molecule has 0 saturated heterocycles. The van der Waals surface area contributed by atoms with Gasteiger partial charge in [0.25, 0.3) is 5.91 Å². The Labute approximate surface area is 144 Å². The van der Waals surface area contributed by atoms with Crippen LogP contribution < -0.4 is 10.2 Å². The van der Waals surface area contributed by atoms with Crippen molar-refractivity contribution in [3.8, 4) is 0 Å². The molecular weight excluding hydrogens is 300 g/mol. The third kappa shape index (κ3) is 5.35. The molecule has 0 unspecified atom stereocenters. The van der Waals surface area contributed by atoms with Gasteiger partial charge < -0.3 is 15.1 Å². The van der Waals surface area contributed by atoms with Gasteiger partial charge in [0.05, 0.1) is 11.9 Å². The van der Waals surface area contributed by atoms with Crippen LogP contribution in [0.2, 0.25) is 0 Å². The largest absolute Gasteiger partial charge is 0.366 e. The van der Waals surface area contributed by atoms with Crippen LogP contribution in [0.25, 0.3) is 0 Å². The predicted molar refractivity (Wildman–Crippen MR) is 98.3 cm³/mol. The van der Waals surface area contributed by atoms with E-state index in [1.54, 1.807) is 12.3 Å². The van der Waals surface area contributed by atoms with Crippen LogP contribution in [0.4, 0.5) is 5.69 Å². The molecule has 1 amide bonds. The second kappa shape index (κ2) is 9.03. The van der Waals surface area contributed by atoms with E-state index < -0.39 is 0 Å². The highest BCUT2D eigenvalue weighted by Crippen LogP contribution is 2.16. The Morgan fingerprint density at radius 2 is 1.88 bits per heavy atom. The molecule has 5 heteroatoms. The van der Waals surface area contributed by atoms with Crippen molar-refractivity contribution in [3.63, 3.8) is 0 Å². The Balaban J connectivity index is 1.97. The molecule has 128 valence electrons. The molecular formula is C19H26N4O. The normalized spacial score (nSPS) is 10.7. The fraction of sp³-hybridized carbons (Fsp3) is 0.368. The summed E-state index contributed by atoms with van der Waals surface area (Å²) >= 11 is 0. The van der Waals surface area contributed by atoms with Gasteiger partial charge in [-0.2, -0.15) is 0 Å². The van der Waals surface area contributed by atoms with Crippen molar-refractivity contribution in [2.75, 3.05) is 38.6 Å². The van der Waals surface area contributed by atoms with Gasteiger partial charge >= 0.3 is 0 Å². The Bertz CT molecular complexity index is 626. The third-order valence-corrected chi connectivity index (χ3v) is 3.79. The molecule has 5 nitrogen and oxygen atoms in total. The van der Waals surface area contributed by atoms with E-state index >= 15 is 0 Å². The van der Waals surface area contributed by atoms with Crippen LogP contribution in [0, 0.1) is 0 Å². The van der Waals surface area contributed by atoms with Crippen LogP contribution in [0.1, 0.15) is 23.0 Å². The number of hydrogen-bond acceptors (Lipinski definition) is 4. The Morgan fingerprint density at radius 1 is 1.12 bits per heavy atom. The standard InChI is InChI=1S/C19H26N4O/c1-4-23(15-16-8-6-5-7-9-16)17-10-11-18(21-14-17)19(24)20-12-13-22(2)3/h5-11,14H,4,12-13,15H2,1-3H3,(H,20,24). The molecule has 0 fully saturated rings. The van der Waals surface area contributed by atoms with E-state index in [-0.39, 0.29) is 5.91 Å². The van der Waals surface area contributed by atoms with Gasteiger partial charge in [0, 0.05) is 26.2 Å². The smallest absolute Gasteiger partial charge is 0.269 e. The number of likely N-dealkylation sites (N-methyl/N-ethyl adjacent to an activating group) is 1. The van der Waals surface area contributed by atoms with Crippen LogP contribution in [-0.4, -0.2) is 49.5 Å². The monoisotopic (exact) mass is 326 g/mol. The minimum Gasteiger partial charge on any atom is -0.366 e. The van der Waals surface area contributed by atoms with Gasteiger partial charge in [-0.05, 0) is 38.7 Å². The second-order valence-corrected chi connectivity index (χ2v) is 5.96. The molecule has 1 aromatic carbocycles. The van der Waals surface area contributed by atoms with Gasteiger partial charge in [0.15, 0.2) is 0 Å². The van der Waals surface area contributed by atoms with Gasteiger partial charge in [0.1, 0.15) is 5.69 Å². The zero-order chi connectivity index (χ0) is 17.4. The molecule has 0 saturated carbocycles. The molecule has 2 rings (SSSR count). The maximum absolute atomic E-state index is 12.1. The zero-order valence-electron chi connectivity index (χ0n) is 14.7. The van der Waals surface area contributed by atoms with Crippen molar-refractivity contribution in [1.29, 1.82) is 0 Å². The minimum absolute atomic E-state index is 0.130. The highest BCUT2D eigenvalue weighted by Gasteiger charge is 2.09. The van der Waals surface area contributed by atoms with Crippen LogP contribution in [0.15, 0.2) is 48.7 Å². The van der Waals surface area contributed by atoms with Crippen molar-refractivity contribution in [2.24, 2.45) is 0 Å². The van der Waals surface area contributed by atoms with Gasteiger partial charge in [-0.3, -0.25) is 4.79 Å². The molecule has 1 N–H and O–H groups in total. The van der Waals surface area contributed by atoms with Crippen LogP contribution >= 0.6 is 0 Å². The summed E-state index contributed by atoms with van der Waals surface area (Å²) < 4.78 is 0. The highest BCUT2D eigenvalue weighted by molar-refractivity contribution is 5.92. The van der Waals surface area contributed by atoms with Crippen LogP contribution in [0.5, 0.6) is 0 Å². The lowest BCUT2D eigenvalue weighted by Gasteiger charge is -2.23. The number of nitrogens with zero attached hydrogens (tertiary/aromatic N) is 3. The summed E-state index contributed by atoms with van der Waals surface area (Å²) in [6, 6.07) is 14.1. The molecule has 0 atom stereocenters. The number of benzene rings is 1. The molecule has 2 aromatic rings. The summed E-state index contributed by atoms with van der Waals surface area (Å²) in [5.41, 5.74) is 2.73. The molecule has 0 bridgehead atoms. The van der Waals surface area contributed by atoms with Gasteiger partial charge in [-0.15, -0.1) is 0 Å². The maximum Gasteiger partial charge on any atom is 0.269 e. The number of hydrogen-bond donors (Lipinski definition) is 1. The maximum atomic E-state index is 12.1. The van der Waals surface area contributed by atoms with Crippen molar-refractivity contribution in [2.45, 2.75) is 13.5 Å². The topological polar surface area (TPSA) is 48.5 Å². The quantitative estimate of drug-likeness (QED) is 0.809. The third-order valence-electron chi connectivity index (χ3n) is 3.79. The first-order chi connectivity index (χ1) is 11.6. The average molecular weight is 326 g/mol. The lowest BCUT2D eigenvalue weighted by Crippen LogP contribution is -2.31. The van der Waals surface area contributed by atoms with Gasteiger partial charge in [-0.1, -0.05) is 30.3 Å². The summed E-state index contributed by atoms with van der Waals surface area (Å²) in [5, 5.41) is 2.88. The van der Waals surface area contributed by atoms with Gasteiger partial charge in [-0.25, -0.2) is 4.98 Å². The first-order valence-electron chi connectivity index (χ1n) is 8.28. The SMILES string of the molecule is CCN(Cc1ccccc1)c1ccc(C(=O)NCCN(C)C)nc1. The molecule has 24 heavy (non-hydrogen) atoms. The van der Waals surface area contributed by atoms with Crippen molar-refractivity contribution < 1.29 is 4.79 Å². The molecule has 0 spiro atoms. The Morgan fingerprint density at radius 3 is 2.46 bits per heavy atom. The summed E-state index contributed by atoms with van der Waals surface area (Å²) in [5.74, 6) is -0.130. The number of nitrogens with one attached hydrogen (secondary N) is 1. The Kier molecular flexibility index (Phi) is 6.75. The first kappa shape index (κ1) is 17.9. The van der Waals surface area contributed by atoms with Crippen LogP contribution in [0.3, 0.4) is 0 Å². The Hall–Kier alpha value is -2.40. The van der Waals surface area contributed by atoms with Crippen molar-refractivity contribution >= 4 is 11.6 Å². The summed E-state index contributed by atoms with van der Waals surface area (Å²) in [4.78, 5) is 20.6. The molecule has 1 aromatic heterocycles. The summed E-state index contributed by atoms with van der Waals surface area (Å²) in [6.07, 6.45) is 1.77. The molecule has 0 radical (unpaired) electrons.